The molecule has 1 aromatic heterocycles. The highest BCUT2D eigenvalue weighted by Crippen LogP contribution is 2.28. The minimum absolute atomic E-state index is 0.0304. The summed E-state index contributed by atoms with van der Waals surface area (Å²) in [7, 11) is 0. The van der Waals surface area contributed by atoms with E-state index in [0.717, 1.165) is 61.4 Å². The molecule has 2 aliphatic rings. The predicted octanol–water partition coefficient (Wildman–Crippen LogP) is 4.33. The number of anilines is 2. The van der Waals surface area contributed by atoms with Gasteiger partial charge in [-0.1, -0.05) is 35.0 Å². The largest absolute Gasteiger partial charge is 0.338 e. The quantitative estimate of drug-likeness (QED) is 0.573. The van der Waals surface area contributed by atoms with Crippen LogP contribution in [-0.4, -0.2) is 46.5 Å². The molecule has 8 nitrogen and oxygen atoms in total. The number of nitrogens with one attached hydrogen (secondary N) is 1. The van der Waals surface area contributed by atoms with Crippen molar-refractivity contribution < 1.29 is 14.1 Å². The Morgan fingerprint density at radius 1 is 1.09 bits per heavy atom. The van der Waals surface area contributed by atoms with Crippen LogP contribution in [0, 0.1) is 19.8 Å². The highest BCUT2D eigenvalue weighted by atomic mass is 16.5. The lowest BCUT2D eigenvalue weighted by Crippen LogP contribution is -2.37. The van der Waals surface area contributed by atoms with Crippen molar-refractivity contribution in [1.29, 1.82) is 0 Å². The number of carbonyl (C=O) groups is 2. The first-order valence-electron chi connectivity index (χ1n) is 12.3. The van der Waals surface area contributed by atoms with E-state index in [0.29, 0.717) is 24.7 Å². The van der Waals surface area contributed by atoms with E-state index < -0.39 is 0 Å². The molecule has 0 spiro atoms. The highest BCUT2D eigenvalue weighted by molar-refractivity contribution is 5.97. The summed E-state index contributed by atoms with van der Waals surface area (Å²) < 4.78 is 5.46. The van der Waals surface area contributed by atoms with Crippen LogP contribution < -0.4 is 10.2 Å². The smallest absolute Gasteiger partial charge is 0.241 e. The molecule has 0 saturated carbocycles. The van der Waals surface area contributed by atoms with Crippen LogP contribution in [0.2, 0.25) is 0 Å². The van der Waals surface area contributed by atoms with Crippen LogP contribution in [0.3, 0.4) is 0 Å². The van der Waals surface area contributed by atoms with Gasteiger partial charge in [-0.3, -0.25) is 14.5 Å². The second kappa shape index (κ2) is 10.00. The molecule has 0 radical (unpaired) electrons. The molecule has 2 aromatic carbocycles. The number of carbonyl (C=O) groups excluding carboxylic acids is 2. The van der Waals surface area contributed by atoms with Crippen LogP contribution in [0.4, 0.5) is 11.4 Å². The van der Waals surface area contributed by atoms with Gasteiger partial charge < -0.3 is 14.7 Å². The molecule has 0 bridgehead atoms. The summed E-state index contributed by atoms with van der Waals surface area (Å²) in [5, 5.41) is 7.19. The number of piperidine rings is 1. The molecule has 3 aromatic rings. The molecule has 0 aliphatic carbocycles. The molecule has 2 fully saturated rings. The maximum atomic E-state index is 12.9. The van der Waals surface area contributed by atoms with E-state index in [9.17, 15) is 9.59 Å². The predicted molar refractivity (Wildman–Crippen MR) is 134 cm³/mol. The van der Waals surface area contributed by atoms with Crippen LogP contribution in [0.1, 0.15) is 42.7 Å². The molecular weight excluding hydrogens is 442 g/mol. The zero-order chi connectivity index (χ0) is 24.4. The van der Waals surface area contributed by atoms with Crippen LogP contribution in [-0.2, 0) is 16.1 Å². The Hall–Kier alpha value is -3.52. The van der Waals surface area contributed by atoms with E-state index in [1.165, 1.54) is 5.56 Å². The second-order valence-corrected chi connectivity index (χ2v) is 9.57. The third-order valence-electron chi connectivity index (χ3n) is 6.92. The third-order valence-corrected chi connectivity index (χ3v) is 6.92. The van der Waals surface area contributed by atoms with Crippen molar-refractivity contribution in [3.8, 4) is 11.4 Å². The van der Waals surface area contributed by atoms with Crippen molar-refractivity contribution in [2.75, 3.05) is 29.9 Å². The Morgan fingerprint density at radius 3 is 2.54 bits per heavy atom. The fraction of sp³-hybridized carbons (Fsp3) is 0.407. The molecule has 3 heterocycles. The fourth-order valence-corrected chi connectivity index (χ4v) is 4.87. The minimum Gasteiger partial charge on any atom is -0.338 e. The van der Waals surface area contributed by atoms with Crippen LogP contribution in [0.25, 0.3) is 11.4 Å². The summed E-state index contributed by atoms with van der Waals surface area (Å²) in [5.41, 5.74) is 4.84. The van der Waals surface area contributed by atoms with Crippen molar-refractivity contribution in [2.24, 2.45) is 5.92 Å². The van der Waals surface area contributed by atoms with Gasteiger partial charge in [0.15, 0.2) is 0 Å². The van der Waals surface area contributed by atoms with Crippen molar-refractivity contribution in [1.82, 2.24) is 15.0 Å². The lowest BCUT2D eigenvalue weighted by Gasteiger charge is -2.30. The number of aryl methyl sites for hydroxylation is 2. The Morgan fingerprint density at radius 2 is 1.86 bits per heavy atom. The fourth-order valence-electron chi connectivity index (χ4n) is 4.87. The first kappa shape index (κ1) is 23.2. The van der Waals surface area contributed by atoms with E-state index in [2.05, 4.69) is 20.4 Å². The summed E-state index contributed by atoms with van der Waals surface area (Å²) in [6.07, 6.45) is 3.07. The van der Waals surface area contributed by atoms with Gasteiger partial charge in [0.2, 0.25) is 23.5 Å². The average molecular weight is 474 g/mol. The molecule has 35 heavy (non-hydrogen) atoms. The second-order valence-electron chi connectivity index (χ2n) is 9.57. The first-order chi connectivity index (χ1) is 17.0. The van der Waals surface area contributed by atoms with Crippen molar-refractivity contribution in [2.45, 2.75) is 46.1 Å². The number of rotatable bonds is 6. The molecule has 2 aliphatic heterocycles. The summed E-state index contributed by atoms with van der Waals surface area (Å²) in [6.45, 7) is 6.98. The SMILES string of the molecule is Cc1ccc(-c2noc(CN3CCC(C(=O)Nc4ccc(N5CCCC5=O)c(C)c4)CC3)n2)cc1. The average Bonchev–Trinajstić information content (AvgIpc) is 3.49. The van der Waals surface area contributed by atoms with E-state index in [1.54, 1.807) is 0 Å². The molecular formula is C27H31N5O3. The molecule has 0 atom stereocenters. The summed E-state index contributed by atoms with van der Waals surface area (Å²) >= 11 is 0. The maximum Gasteiger partial charge on any atom is 0.241 e. The maximum absolute atomic E-state index is 12.9. The van der Waals surface area contributed by atoms with Crippen molar-refractivity contribution in [3.63, 3.8) is 0 Å². The number of hydrogen-bond donors (Lipinski definition) is 1. The van der Waals surface area contributed by atoms with Gasteiger partial charge in [0, 0.05) is 35.8 Å². The Balaban J connectivity index is 1.12. The van der Waals surface area contributed by atoms with Gasteiger partial charge in [-0.05, 0) is 70.0 Å². The molecule has 2 saturated heterocycles. The zero-order valence-electron chi connectivity index (χ0n) is 20.3. The van der Waals surface area contributed by atoms with Crippen molar-refractivity contribution in [3.05, 3.63) is 59.5 Å². The molecule has 182 valence electrons. The topological polar surface area (TPSA) is 91.6 Å². The first-order valence-corrected chi connectivity index (χ1v) is 12.3. The lowest BCUT2D eigenvalue weighted by atomic mass is 9.95. The summed E-state index contributed by atoms with van der Waals surface area (Å²) in [4.78, 5) is 33.6. The van der Waals surface area contributed by atoms with Gasteiger partial charge in [-0.2, -0.15) is 4.98 Å². The van der Waals surface area contributed by atoms with Gasteiger partial charge >= 0.3 is 0 Å². The molecule has 8 heteroatoms. The van der Waals surface area contributed by atoms with Gasteiger partial charge in [0.05, 0.1) is 6.54 Å². The number of hydrogen-bond acceptors (Lipinski definition) is 6. The lowest BCUT2D eigenvalue weighted by molar-refractivity contribution is -0.121. The summed E-state index contributed by atoms with van der Waals surface area (Å²) in [6, 6.07) is 13.8. The number of benzene rings is 2. The Bertz CT molecular complexity index is 1210. The highest BCUT2D eigenvalue weighted by Gasteiger charge is 2.27. The van der Waals surface area contributed by atoms with E-state index >= 15 is 0 Å². The zero-order valence-corrected chi connectivity index (χ0v) is 20.3. The molecule has 1 N–H and O–H groups in total. The number of likely N-dealkylation sites (tertiary alicyclic amines) is 1. The number of amides is 2. The molecule has 5 rings (SSSR count). The Kier molecular flexibility index (Phi) is 6.63. The standard InChI is InChI=1S/C27H31N5O3/c1-18-5-7-20(8-6-18)26-29-24(35-30-26)17-31-14-11-21(12-15-31)27(34)28-22-9-10-23(19(2)16-22)32-13-3-4-25(32)33/h5-10,16,21H,3-4,11-15,17H2,1-2H3,(H,28,34). The van der Waals surface area contributed by atoms with Gasteiger partial charge in [-0.15, -0.1) is 0 Å². The van der Waals surface area contributed by atoms with Gasteiger partial charge in [0.1, 0.15) is 0 Å². The van der Waals surface area contributed by atoms with E-state index in [4.69, 9.17) is 4.52 Å². The number of nitrogens with zero attached hydrogens (tertiary/aromatic N) is 4. The van der Waals surface area contributed by atoms with Crippen LogP contribution in [0.5, 0.6) is 0 Å². The van der Waals surface area contributed by atoms with E-state index in [-0.39, 0.29) is 17.7 Å². The Labute approximate surface area is 205 Å². The van der Waals surface area contributed by atoms with Crippen molar-refractivity contribution >= 4 is 23.2 Å². The molecule has 2 amide bonds. The monoisotopic (exact) mass is 473 g/mol. The normalized spacial score (nSPS) is 17.2. The third kappa shape index (κ3) is 5.27. The number of aromatic nitrogens is 2. The molecule has 0 unspecified atom stereocenters. The minimum atomic E-state index is -0.0304. The summed E-state index contributed by atoms with van der Waals surface area (Å²) in [5.74, 6) is 1.38. The van der Waals surface area contributed by atoms with Gasteiger partial charge in [0.25, 0.3) is 0 Å². The van der Waals surface area contributed by atoms with E-state index in [1.807, 2.05) is 61.2 Å². The van der Waals surface area contributed by atoms with Crippen LogP contribution in [0.15, 0.2) is 47.0 Å². The van der Waals surface area contributed by atoms with Gasteiger partial charge in [-0.25, -0.2) is 0 Å². The van der Waals surface area contributed by atoms with Crippen LogP contribution >= 0.6 is 0 Å².